The molecule has 0 radical (unpaired) electrons. The van der Waals surface area contributed by atoms with Crippen LogP contribution in [0.2, 0.25) is 0 Å². The summed E-state index contributed by atoms with van der Waals surface area (Å²) >= 11 is 0. The molecule has 10 heteroatoms. The summed E-state index contributed by atoms with van der Waals surface area (Å²) in [5, 5.41) is 20.4. The van der Waals surface area contributed by atoms with Crippen LogP contribution >= 0.6 is 0 Å². The third-order valence-corrected chi connectivity index (χ3v) is 3.92. The molecule has 28 heavy (non-hydrogen) atoms. The maximum atomic E-state index is 12.3. The van der Waals surface area contributed by atoms with Crippen LogP contribution in [0.4, 0.5) is 10.5 Å². The summed E-state index contributed by atoms with van der Waals surface area (Å²) in [4.78, 5) is 47.8. The van der Waals surface area contributed by atoms with E-state index in [1.807, 2.05) is 0 Å². The molecule has 1 fully saturated rings. The standard InChI is InChI=1S/C18H22N2O8/c1-18(2,3)28-17(24)19-9-13(21)8-14(19)16(23)27-10-15(22)11-4-6-12(7-5-11)20(25)26/h4-7,13-14,21H,8-10H2,1-3H3/t13-,14+/m1/s1. The van der Waals surface area contributed by atoms with Crippen LogP contribution in [-0.2, 0) is 14.3 Å². The first kappa shape index (κ1) is 21.3. The fourth-order valence-corrected chi connectivity index (χ4v) is 2.64. The number of rotatable bonds is 5. The molecule has 10 nitrogen and oxygen atoms in total. The van der Waals surface area contributed by atoms with Crippen LogP contribution in [0.1, 0.15) is 37.6 Å². The molecule has 0 unspecified atom stereocenters. The summed E-state index contributed by atoms with van der Waals surface area (Å²) in [6.07, 6.45) is -1.69. The van der Waals surface area contributed by atoms with Gasteiger partial charge in [-0.15, -0.1) is 0 Å². The van der Waals surface area contributed by atoms with Crippen LogP contribution in [0.25, 0.3) is 0 Å². The Morgan fingerprint density at radius 2 is 1.86 bits per heavy atom. The second-order valence-corrected chi connectivity index (χ2v) is 7.37. The summed E-state index contributed by atoms with van der Waals surface area (Å²) in [5.41, 5.74) is -0.791. The first-order chi connectivity index (χ1) is 13.0. The lowest BCUT2D eigenvalue weighted by atomic mass is 10.1. The van der Waals surface area contributed by atoms with Crippen molar-refractivity contribution >= 4 is 23.5 Å². The van der Waals surface area contributed by atoms with Crippen molar-refractivity contribution in [1.29, 1.82) is 0 Å². The molecule has 1 amide bonds. The number of esters is 1. The number of ether oxygens (including phenoxy) is 2. The molecule has 1 N–H and O–H groups in total. The Morgan fingerprint density at radius 1 is 1.25 bits per heavy atom. The lowest BCUT2D eigenvalue weighted by Crippen LogP contribution is -2.44. The molecule has 1 aliphatic rings. The van der Waals surface area contributed by atoms with E-state index >= 15 is 0 Å². The molecule has 1 saturated heterocycles. The highest BCUT2D eigenvalue weighted by Crippen LogP contribution is 2.22. The van der Waals surface area contributed by atoms with Crippen molar-refractivity contribution in [3.63, 3.8) is 0 Å². The van der Waals surface area contributed by atoms with E-state index in [-0.39, 0.29) is 24.2 Å². The Morgan fingerprint density at radius 3 is 2.39 bits per heavy atom. The summed E-state index contributed by atoms with van der Waals surface area (Å²) in [6, 6.07) is 3.81. The molecule has 2 atom stereocenters. The van der Waals surface area contributed by atoms with Gasteiger partial charge in [0.2, 0.25) is 0 Å². The van der Waals surface area contributed by atoms with Gasteiger partial charge in [0.15, 0.2) is 12.4 Å². The van der Waals surface area contributed by atoms with Gasteiger partial charge in [0.1, 0.15) is 11.6 Å². The van der Waals surface area contributed by atoms with Gasteiger partial charge in [-0.3, -0.25) is 19.8 Å². The van der Waals surface area contributed by atoms with Crippen molar-refractivity contribution in [3.05, 3.63) is 39.9 Å². The van der Waals surface area contributed by atoms with Gasteiger partial charge in [-0.2, -0.15) is 0 Å². The molecule has 2 rings (SSSR count). The summed E-state index contributed by atoms with van der Waals surface area (Å²) < 4.78 is 10.2. The van der Waals surface area contributed by atoms with E-state index in [1.54, 1.807) is 20.8 Å². The van der Waals surface area contributed by atoms with E-state index in [0.717, 1.165) is 4.90 Å². The van der Waals surface area contributed by atoms with Gasteiger partial charge in [-0.05, 0) is 32.9 Å². The highest BCUT2D eigenvalue weighted by Gasteiger charge is 2.42. The Balaban J connectivity index is 1.97. The summed E-state index contributed by atoms with van der Waals surface area (Å²) in [7, 11) is 0. The van der Waals surface area contributed by atoms with Gasteiger partial charge in [0.05, 0.1) is 17.6 Å². The molecule has 152 valence electrons. The number of benzene rings is 1. The number of ketones is 1. The third-order valence-electron chi connectivity index (χ3n) is 3.92. The molecule has 0 spiro atoms. The maximum Gasteiger partial charge on any atom is 0.411 e. The number of nitro benzene ring substituents is 1. The minimum atomic E-state index is -1.06. The average molecular weight is 394 g/mol. The van der Waals surface area contributed by atoms with Crippen molar-refractivity contribution in [2.75, 3.05) is 13.2 Å². The molecular formula is C18H22N2O8. The molecular weight excluding hydrogens is 372 g/mol. The number of hydrogen-bond donors (Lipinski definition) is 1. The van der Waals surface area contributed by atoms with Crippen LogP contribution in [0.5, 0.6) is 0 Å². The monoisotopic (exact) mass is 394 g/mol. The van der Waals surface area contributed by atoms with Crippen LogP contribution < -0.4 is 0 Å². The predicted molar refractivity (Wildman–Crippen MR) is 95.7 cm³/mol. The van der Waals surface area contributed by atoms with Gasteiger partial charge >= 0.3 is 12.1 Å². The molecule has 1 aromatic carbocycles. The number of Topliss-reactive ketones (excluding diaryl/α,β-unsaturated/α-hetero) is 1. The molecule has 0 aliphatic carbocycles. The van der Waals surface area contributed by atoms with Crippen LogP contribution in [0, 0.1) is 10.1 Å². The van der Waals surface area contributed by atoms with E-state index in [4.69, 9.17) is 9.47 Å². The molecule has 0 saturated carbocycles. The maximum absolute atomic E-state index is 12.3. The number of nitro groups is 1. The predicted octanol–water partition coefficient (Wildman–Crippen LogP) is 1.69. The third kappa shape index (κ3) is 5.49. The van der Waals surface area contributed by atoms with Crippen LogP contribution in [0.15, 0.2) is 24.3 Å². The number of β-amino-alcohol motifs (C(OH)–C–C–N with tert-alkyl or cyclic N) is 1. The van der Waals surface area contributed by atoms with E-state index in [0.29, 0.717) is 0 Å². The average Bonchev–Trinajstić information content (AvgIpc) is 3.00. The number of carbonyl (C=O) groups is 3. The zero-order valence-electron chi connectivity index (χ0n) is 15.8. The topological polar surface area (TPSA) is 136 Å². The van der Waals surface area contributed by atoms with Crippen molar-refractivity contribution < 1.29 is 33.9 Å². The zero-order chi connectivity index (χ0) is 21.1. The van der Waals surface area contributed by atoms with Gasteiger partial charge in [-0.25, -0.2) is 9.59 Å². The van der Waals surface area contributed by atoms with Crippen LogP contribution in [0.3, 0.4) is 0 Å². The number of amides is 1. The Kier molecular flexibility index (Phi) is 6.34. The second kappa shape index (κ2) is 8.34. The Bertz CT molecular complexity index is 769. The summed E-state index contributed by atoms with van der Waals surface area (Å²) in [6.45, 7) is 4.35. The van der Waals surface area contributed by atoms with Crippen LogP contribution in [-0.4, -0.2) is 63.7 Å². The highest BCUT2D eigenvalue weighted by atomic mass is 16.6. The second-order valence-electron chi connectivity index (χ2n) is 7.37. The number of non-ortho nitro benzene ring substituents is 1. The largest absolute Gasteiger partial charge is 0.456 e. The van der Waals surface area contributed by atoms with E-state index in [9.17, 15) is 29.6 Å². The molecule has 1 heterocycles. The van der Waals surface area contributed by atoms with Gasteiger partial charge in [-0.1, -0.05) is 0 Å². The molecule has 1 aliphatic heterocycles. The quantitative estimate of drug-likeness (QED) is 0.345. The Hall–Kier alpha value is -3.01. The minimum Gasteiger partial charge on any atom is -0.456 e. The molecule has 1 aromatic rings. The first-order valence-corrected chi connectivity index (χ1v) is 8.60. The fourth-order valence-electron chi connectivity index (χ4n) is 2.64. The SMILES string of the molecule is CC(C)(C)OC(=O)N1C[C@H](O)C[C@H]1C(=O)OCC(=O)c1ccc([N+](=O)[O-])cc1. The van der Waals surface area contributed by atoms with Gasteiger partial charge < -0.3 is 14.6 Å². The number of carbonyl (C=O) groups excluding carboxylic acids is 3. The lowest BCUT2D eigenvalue weighted by molar-refractivity contribution is -0.384. The van der Waals surface area contributed by atoms with Gasteiger partial charge in [0.25, 0.3) is 5.69 Å². The van der Waals surface area contributed by atoms with Crippen molar-refractivity contribution in [3.8, 4) is 0 Å². The van der Waals surface area contributed by atoms with Gasteiger partial charge in [0, 0.05) is 24.1 Å². The highest BCUT2D eigenvalue weighted by molar-refractivity contribution is 5.98. The number of nitrogens with zero attached hydrogens (tertiary/aromatic N) is 2. The van der Waals surface area contributed by atoms with E-state index < -0.39 is 47.1 Å². The van der Waals surface area contributed by atoms with Crippen molar-refractivity contribution in [2.24, 2.45) is 0 Å². The number of aliphatic hydroxyl groups is 1. The van der Waals surface area contributed by atoms with Crippen molar-refractivity contribution in [1.82, 2.24) is 4.90 Å². The molecule has 0 bridgehead atoms. The molecule has 0 aromatic heterocycles. The van der Waals surface area contributed by atoms with E-state index in [1.165, 1.54) is 24.3 Å². The fraction of sp³-hybridized carbons (Fsp3) is 0.500. The first-order valence-electron chi connectivity index (χ1n) is 8.60. The normalized spacial score (nSPS) is 19.2. The van der Waals surface area contributed by atoms with Crippen molar-refractivity contribution in [2.45, 2.75) is 44.9 Å². The lowest BCUT2D eigenvalue weighted by Gasteiger charge is -2.27. The number of hydrogen-bond acceptors (Lipinski definition) is 8. The Labute approximate surface area is 161 Å². The zero-order valence-corrected chi connectivity index (χ0v) is 15.8. The number of aliphatic hydroxyl groups excluding tert-OH is 1. The minimum absolute atomic E-state index is 0.0240. The smallest absolute Gasteiger partial charge is 0.411 e. The summed E-state index contributed by atoms with van der Waals surface area (Å²) in [5.74, 6) is -1.39. The van der Waals surface area contributed by atoms with E-state index in [2.05, 4.69) is 0 Å². The number of likely N-dealkylation sites (tertiary alicyclic amines) is 1.